The van der Waals surface area contributed by atoms with Gasteiger partial charge in [0.05, 0.1) is 11.6 Å². The van der Waals surface area contributed by atoms with Crippen LogP contribution in [-0.2, 0) is 6.54 Å². The molecule has 0 atom stereocenters. The lowest BCUT2D eigenvalue weighted by atomic mass is 9.87. The van der Waals surface area contributed by atoms with E-state index < -0.39 is 0 Å². The molecule has 4 heteroatoms. The van der Waals surface area contributed by atoms with E-state index in [1.807, 2.05) is 6.07 Å². The Morgan fingerprint density at radius 3 is 2.74 bits per heavy atom. The van der Waals surface area contributed by atoms with Gasteiger partial charge in [-0.1, -0.05) is 12.8 Å². The van der Waals surface area contributed by atoms with Crippen LogP contribution in [0.25, 0.3) is 0 Å². The number of nitrogens with one attached hydrogen (secondary N) is 1. The molecule has 2 rings (SSSR count). The minimum Gasteiger partial charge on any atom is -0.396 e. The van der Waals surface area contributed by atoms with Crippen molar-refractivity contribution < 1.29 is 9.50 Å². The summed E-state index contributed by atoms with van der Waals surface area (Å²) in [6, 6.07) is 6.39. The fourth-order valence-electron chi connectivity index (χ4n) is 2.76. The molecule has 0 spiro atoms. The van der Waals surface area contributed by atoms with E-state index in [4.69, 9.17) is 5.26 Å². The molecule has 0 bridgehead atoms. The molecule has 102 valence electrons. The fraction of sp³-hybridized carbons (Fsp3) is 0.533. The van der Waals surface area contributed by atoms with Crippen molar-refractivity contribution in [2.24, 2.45) is 5.41 Å². The van der Waals surface area contributed by atoms with Crippen LogP contribution in [0.4, 0.5) is 4.39 Å². The van der Waals surface area contributed by atoms with Gasteiger partial charge in [-0.2, -0.15) is 5.26 Å². The zero-order chi connectivity index (χ0) is 13.7. The highest BCUT2D eigenvalue weighted by atomic mass is 19.1. The molecule has 1 aromatic rings. The van der Waals surface area contributed by atoms with Crippen LogP contribution in [0.15, 0.2) is 18.2 Å². The Kier molecular flexibility index (Phi) is 4.52. The zero-order valence-corrected chi connectivity index (χ0v) is 11.0. The molecule has 3 nitrogen and oxygen atoms in total. The fourth-order valence-corrected chi connectivity index (χ4v) is 2.76. The molecule has 0 aromatic heterocycles. The highest BCUT2D eigenvalue weighted by molar-refractivity contribution is 5.33. The maximum absolute atomic E-state index is 13.6. The van der Waals surface area contributed by atoms with E-state index >= 15 is 0 Å². The van der Waals surface area contributed by atoms with E-state index in [1.54, 1.807) is 6.07 Å². The molecule has 1 aliphatic carbocycles. The first kappa shape index (κ1) is 14.0. The topological polar surface area (TPSA) is 56.0 Å². The predicted molar refractivity (Wildman–Crippen MR) is 70.8 cm³/mol. The summed E-state index contributed by atoms with van der Waals surface area (Å²) >= 11 is 0. The average molecular weight is 262 g/mol. The lowest BCUT2D eigenvalue weighted by Gasteiger charge is -2.26. The van der Waals surface area contributed by atoms with E-state index in [0.717, 1.165) is 25.7 Å². The Balaban J connectivity index is 1.94. The first-order valence-corrected chi connectivity index (χ1v) is 6.69. The van der Waals surface area contributed by atoms with Crippen LogP contribution in [0.2, 0.25) is 0 Å². The van der Waals surface area contributed by atoms with Crippen LogP contribution in [0, 0.1) is 22.6 Å². The van der Waals surface area contributed by atoms with Crippen molar-refractivity contribution in [1.29, 1.82) is 5.26 Å². The first-order valence-electron chi connectivity index (χ1n) is 6.69. The van der Waals surface area contributed by atoms with Crippen LogP contribution in [0.5, 0.6) is 0 Å². The standard InChI is InChI=1S/C15H19FN2O/c16-14-4-3-12(8-17)7-13(14)9-18-10-15(11-19)5-1-2-6-15/h3-4,7,18-19H,1-2,5-6,9-11H2. The average Bonchev–Trinajstić information content (AvgIpc) is 2.90. The minimum atomic E-state index is -0.295. The number of benzene rings is 1. The molecular weight excluding hydrogens is 243 g/mol. The Labute approximate surface area is 113 Å². The predicted octanol–water partition coefficient (Wildman–Crippen LogP) is 2.34. The van der Waals surface area contributed by atoms with Crippen LogP contribution in [0.1, 0.15) is 36.8 Å². The molecule has 2 N–H and O–H groups in total. The van der Waals surface area contributed by atoms with Gasteiger partial charge in [-0.25, -0.2) is 4.39 Å². The molecule has 0 radical (unpaired) electrons. The van der Waals surface area contributed by atoms with Gasteiger partial charge < -0.3 is 10.4 Å². The van der Waals surface area contributed by atoms with Crippen LogP contribution < -0.4 is 5.32 Å². The van der Waals surface area contributed by atoms with E-state index in [1.165, 1.54) is 12.1 Å². The molecule has 0 amide bonds. The van der Waals surface area contributed by atoms with Crippen molar-refractivity contribution in [2.75, 3.05) is 13.2 Å². The quantitative estimate of drug-likeness (QED) is 0.856. The molecule has 0 saturated heterocycles. The Bertz CT molecular complexity index is 476. The molecule has 19 heavy (non-hydrogen) atoms. The van der Waals surface area contributed by atoms with Crippen LogP contribution in [0.3, 0.4) is 0 Å². The summed E-state index contributed by atoms with van der Waals surface area (Å²) in [6.45, 7) is 1.27. The summed E-state index contributed by atoms with van der Waals surface area (Å²) in [7, 11) is 0. The number of hydrogen-bond acceptors (Lipinski definition) is 3. The van der Waals surface area contributed by atoms with Gasteiger partial charge in [0.2, 0.25) is 0 Å². The number of aliphatic hydroxyl groups excluding tert-OH is 1. The van der Waals surface area contributed by atoms with Gasteiger partial charge in [-0.15, -0.1) is 0 Å². The largest absolute Gasteiger partial charge is 0.396 e. The maximum atomic E-state index is 13.6. The van der Waals surface area contributed by atoms with Gasteiger partial charge in [-0.3, -0.25) is 0 Å². The smallest absolute Gasteiger partial charge is 0.127 e. The summed E-state index contributed by atoms with van der Waals surface area (Å²) in [5.41, 5.74) is 0.935. The molecule has 1 aromatic carbocycles. The summed E-state index contributed by atoms with van der Waals surface area (Å²) in [4.78, 5) is 0. The SMILES string of the molecule is N#Cc1ccc(F)c(CNCC2(CO)CCCC2)c1. The maximum Gasteiger partial charge on any atom is 0.127 e. The van der Waals surface area contributed by atoms with Gasteiger partial charge in [0.1, 0.15) is 5.82 Å². The van der Waals surface area contributed by atoms with Crippen molar-refractivity contribution >= 4 is 0 Å². The number of aliphatic hydroxyl groups is 1. The second kappa shape index (κ2) is 6.14. The van der Waals surface area contributed by atoms with Crippen molar-refractivity contribution in [3.05, 3.63) is 35.1 Å². The lowest BCUT2D eigenvalue weighted by Crippen LogP contribution is -2.35. The lowest BCUT2D eigenvalue weighted by molar-refractivity contribution is 0.128. The van der Waals surface area contributed by atoms with Gasteiger partial charge in [-0.05, 0) is 31.0 Å². The van der Waals surface area contributed by atoms with Crippen LogP contribution >= 0.6 is 0 Å². The summed E-state index contributed by atoms with van der Waals surface area (Å²) in [5.74, 6) is -0.295. The molecular formula is C15H19FN2O. The number of nitrogens with zero attached hydrogens (tertiary/aromatic N) is 1. The molecule has 1 saturated carbocycles. The highest BCUT2D eigenvalue weighted by Crippen LogP contribution is 2.36. The number of nitriles is 1. The molecule has 0 heterocycles. The molecule has 0 aliphatic heterocycles. The van der Waals surface area contributed by atoms with Crippen molar-refractivity contribution in [1.82, 2.24) is 5.32 Å². The molecule has 1 aliphatic rings. The van der Waals surface area contributed by atoms with Crippen molar-refractivity contribution in [2.45, 2.75) is 32.2 Å². The van der Waals surface area contributed by atoms with E-state index in [9.17, 15) is 9.50 Å². The van der Waals surface area contributed by atoms with Crippen molar-refractivity contribution in [3.63, 3.8) is 0 Å². The third-order valence-corrected chi connectivity index (χ3v) is 3.99. The first-order chi connectivity index (χ1) is 9.19. The van der Waals surface area contributed by atoms with E-state index in [-0.39, 0.29) is 17.8 Å². The monoisotopic (exact) mass is 262 g/mol. The van der Waals surface area contributed by atoms with E-state index in [2.05, 4.69) is 5.32 Å². The number of rotatable bonds is 5. The van der Waals surface area contributed by atoms with Gasteiger partial charge in [0.15, 0.2) is 0 Å². The zero-order valence-electron chi connectivity index (χ0n) is 11.0. The third-order valence-electron chi connectivity index (χ3n) is 3.99. The Morgan fingerprint density at radius 1 is 1.37 bits per heavy atom. The molecule has 0 unspecified atom stereocenters. The Morgan fingerprint density at radius 2 is 2.11 bits per heavy atom. The van der Waals surface area contributed by atoms with Crippen molar-refractivity contribution in [3.8, 4) is 6.07 Å². The van der Waals surface area contributed by atoms with Gasteiger partial charge in [0.25, 0.3) is 0 Å². The summed E-state index contributed by atoms with van der Waals surface area (Å²) < 4.78 is 13.6. The minimum absolute atomic E-state index is 0.0384. The highest BCUT2D eigenvalue weighted by Gasteiger charge is 2.32. The second-order valence-corrected chi connectivity index (χ2v) is 5.39. The second-order valence-electron chi connectivity index (χ2n) is 5.39. The summed E-state index contributed by atoms with van der Waals surface area (Å²) in [6.07, 6.45) is 4.36. The normalized spacial score (nSPS) is 17.3. The van der Waals surface area contributed by atoms with Gasteiger partial charge >= 0.3 is 0 Å². The Hall–Kier alpha value is -1.44. The summed E-state index contributed by atoms with van der Waals surface area (Å²) in [5, 5.41) is 21.5. The third kappa shape index (κ3) is 3.31. The van der Waals surface area contributed by atoms with Crippen LogP contribution in [-0.4, -0.2) is 18.3 Å². The molecule has 1 fully saturated rings. The van der Waals surface area contributed by atoms with E-state index in [0.29, 0.717) is 24.2 Å². The number of halogens is 1. The number of hydrogen-bond donors (Lipinski definition) is 2. The van der Waals surface area contributed by atoms with Gasteiger partial charge in [0, 0.05) is 30.7 Å².